The molecule has 7 nitrogen and oxygen atoms in total. The lowest BCUT2D eigenvalue weighted by molar-refractivity contribution is 0.0690. The Morgan fingerprint density at radius 1 is 1.50 bits per heavy atom. The quantitative estimate of drug-likeness (QED) is 0.677. The van der Waals surface area contributed by atoms with Gasteiger partial charge in [-0.3, -0.25) is 9.89 Å². The predicted molar refractivity (Wildman–Crippen MR) is 44.7 cm³/mol. The molecule has 14 heavy (non-hydrogen) atoms. The number of rotatable bonds is 2. The summed E-state index contributed by atoms with van der Waals surface area (Å²) in [6.45, 7) is 0. The van der Waals surface area contributed by atoms with E-state index in [1.807, 2.05) is 5.10 Å². The number of nitrogens with one attached hydrogen (secondary N) is 1. The monoisotopic (exact) mass is 218 g/mol. The summed E-state index contributed by atoms with van der Waals surface area (Å²) in [7, 11) is -3.88. The maximum atomic E-state index is 11.0. The van der Waals surface area contributed by atoms with Crippen LogP contribution in [0, 0.1) is 0 Å². The van der Waals surface area contributed by atoms with Crippen molar-refractivity contribution in [3.05, 3.63) is 17.5 Å². The van der Waals surface area contributed by atoms with Crippen LogP contribution in [0.5, 0.6) is 0 Å². The van der Waals surface area contributed by atoms with Crippen LogP contribution < -0.4 is 0 Å². The highest BCUT2D eigenvalue weighted by Gasteiger charge is 2.22. The Hall–Kier alpha value is -1.70. The summed E-state index contributed by atoms with van der Waals surface area (Å²) in [6, 6.07) is 0.867. The molecule has 2 N–H and O–H groups in total. The van der Waals surface area contributed by atoms with Gasteiger partial charge < -0.3 is 5.11 Å². The van der Waals surface area contributed by atoms with Gasteiger partial charge in [-0.15, -0.1) is 0 Å². The average Bonchev–Trinajstić information content (AvgIpc) is 2.48. The zero-order valence-corrected chi connectivity index (χ0v) is 7.83. The van der Waals surface area contributed by atoms with Gasteiger partial charge >= 0.3 is 5.97 Å². The zero-order chi connectivity index (χ0) is 10.9. The van der Waals surface area contributed by atoms with Crippen LogP contribution in [-0.2, 0) is 9.84 Å². The second kappa shape index (κ2) is 3.22. The molecular formula is C6H6N2O5S. The molecule has 0 atom stereocenters. The van der Waals surface area contributed by atoms with Gasteiger partial charge in [0.15, 0.2) is 0 Å². The van der Waals surface area contributed by atoms with E-state index in [0.717, 1.165) is 12.3 Å². The predicted octanol–water partition coefficient (Wildman–Crippen LogP) is -0.707. The summed E-state index contributed by atoms with van der Waals surface area (Å²) in [5.74, 6) is -1.31. The van der Waals surface area contributed by atoms with Crippen LogP contribution in [0.1, 0.15) is 21.0 Å². The Bertz CT molecular complexity index is 486. The summed E-state index contributed by atoms with van der Waals surface area (Å²) >= 11 is 0. The molecule has 1 aromatic rings. The van der Waals surface area contributed by atoms with Crippen LogP contribution in [-0.4, -0.2) is 41.1 Å². The molecule has 1 heterocycles. The van der Waals surface area contributed by atoms with Gasteiger partial charge in [0.25, 0.3) is 5.12 Å². The van der Waals surface area contributed by atoms with Crippen LogP contribution in [0.15, 0.2) is 6.07 Å². The minimum atomic E-state index is -3.88. The van der Waals surface area contributed by atoms with Crippen molar-refractivity contribution < 1.29 is 23.1 Å². The van der Waals surface area contributed by atoms with E-state index in [4.69, 9.17) is 5.11 Å². The Labute approximate surface area is 78.7 Å². The highest BCUT2D eigenvalue weighted by molar-refractivity contribution is 8.06. The van der Waals surface area contributed by atoms with Crippen LogP contribution >= 0.6 is 0 Å². The van der Waals surface area contributed by atoms with Gasteiger partial charge in [0.1, 0.15) is 11.4 Å². The molecular weight excluding hydrogens is 212 g/mol. The molecule has 0 aliphatic rings. The Kier molecular flexibility index (Phi) is 2.39. The fraction of sp³-hybridized carbons (Fsp3) is 0.167. The fourth-order valence-electron chi connectivity index (χ4n) is 0.726. The summed E-state index contributed by atoms with van der Waals surface area (Å²) in [4.78, 5) is 21.4. The molecule has 0 unspecified atom stereocenters. The van der Waals surface area contributed by atoms with Crippen molar-refractivity contribution in [2.24, 2.45) is 0 Å². The molecule has 0 saturated heterocycles. The molecule has 0 saturated carbocycles. The molecule has 0 fully saturated rings. The number of carboxylic acid groups (broad SMARTS) is 1. The van der Waals surface area contributed by atoms with Crippen molar-refractivity contribution in [3.8, 4) is 0 Å². The first-order valence-corrected chi connectivity index (χ1v) is 5.24. The van der Waals surface area contributed by atoms with Gasteiger partial charge in [0.05, 0.1) is 0 Å². The number of carboxylic acids is 1. The number of aromatic amines is 1. The second-order valence-electron chi connectivity index (χ2n) is 2.53. The fourth-order valence-corrected chi connectivity index (χ4v) is 1.21. The molecule has 0 spiro atoms. The van der Waals surface area contributed by atoms with Crippen LogP contribution in [0.2, 0.25) is 0 Å². The summed E-state index contributed by atoms with van der Waals surface area (Å²) < 4.78 is 21.5. The minimum absolute atomic E-state index is 0.336. The number of nitrogens with zero attached hydrogens (tertiary/aromatic N) is 1. The molecule has 8 heteroatoms. The molecule has 0 radical (unpaired) electrons. The van der Waals surface area contributed by atoms with E-state index >= 15 is 0 Å². The number of hydrogen-bond donors (Lipinski definition) is 2. The van der Waals surface area contributed by atoms with Crippen molar-refractivity contribution >= 4 is 20.9 Å². The lowest BCUT2D eigenvalue weighted by atomic mass is 10.4. The van der Waals surface area contributed by atoms with Crippen LogP contribution in [0.3, 0.4) is 0 Å². The minimum Gasteiger partial charge on any atom is -0.477 e. The SMILES string of the molecule is CS(=O)(=O)C(=O)c1cc(C(=O)O)[nH]n1. The van der Waals surface area contributed by atoms with Crippen LogP contribution in [0.25, 0.3) is 0 Å². The van der Waals surface area contributed by atoms with E-state index in [-0.39, 0.29) is 5.69 Å². The maximum absolute atomic E-state index is 11.0. The molecule has 0 amide bonds. The summed E-state index contributed by atoms with van der Waals surface area (Å²) in [5.41, 5.74) is -0.762. The Balaban J connectivity index is 3.11. The lowest BCUT2D eigenvalue weighted by Crippen LogP contribution is -2.13. The van der Waals surface area contributed by atoms with Crippen molar-refractivity contribution in [2.45, 2.75) is 0 Å². The highest BCUT2D eigenvalue weighted by atomic mass is 32.2. The zero-order valence-electron chi connectivity index (χ0n) is 7.01. The third kappa shape index (κ3) is 1.96. The number of aromatic carboxylic acids is 1. The van der Waals surface area contributed by atoms with E-state index in [1.165, 1.54) is 0 Å². The standard InChI is InChI=1S/C6H6N2O5S/c1-14(12,13)6(11)4-2-3(5(9)10)7-8-4/h2H,1H3,(H,7,8)(H,9,10). The van der Waals surface area contributed by atoms with E-state index in [2.05, 4.69) is 5.10 Å². The van der Waals surface area contributed by atoms with Gasteiger partial charge in [-0.05, 0) is 0 Å². The Morgan fingerprint density at radius 2 is 2.07 bits per heavy atom. The first kappa shape index (κ1) is 10.4. The lowest BCUT2D eigenvalue weighted by Gasteiger charge is -1.89. The summed E-state index contributed by atoms with van der Waals surface area (Å²) in [5, 5.41) is 12.5. The van der Waals surface area contributed by atoms with Crippen molar-refractivity contribution in [1.82, 2.24) is 10.2 Å². The normalized spacial score (nSPS) is 11.2. The first-order chi connectivity index (χ1) is 6.32. The topological polar surface area (TPSA) is 117 Å². The molecule has 1 rings (SSSR count). The van der Waals surface area contributed by atoms with E-state index in [0.29, 0.717) is 0 Å². The first-order valence-electron chi connectivity index (χ1n) is 3.35. The number of hydrogen-bond acceptors (Lipinski definition) is 5. The van der Waals surface area contributed by atoms with Crippen molar-refractivity contribution in [2.75, 3.05) is 6.26 Å². The van der Waals surface area contributed by atoms with Crippen molar-refractivity contribution in [1.29, 1.82) is 0 Å². The van der Waals surface area contributed by atoms with Gasteiger partial charge in [-0.1, -0.05) is 0 Å². The number of sulfone groups is 1. The largest absolute Gasteiger partial charge is 0.477 e. The Morgan fingerprint density at radius 3 is 2.43 bits per heavy atom. The molecule has 0 aromatic carbocycles. The maximum Gasteiger partial charge on any atom is 0.353 e. The second-order valence-corrected chi connectivity index (χ2v) is 4.45. The molecule has 0 bridgehead atoms. The third-order valence-corrected chi connectivity index (χ3v) is 2.24. The van der Waals surface area contributed by atoms with E-state index in [9.17, 15) is 18.0 Å². The number of H-pyrrole nitrogens is 1. The van der Waals surface area contributed by atoms with Crippen molar-refractivity contribution in [3.63, 3.8) is 0 Å². The van der Waals surface area contributed by atoms with Gasteiger partial charge in [0.2, 0.25) is 9.84 Å². The average molecular weight is 218 g/mol. The van der Waals surface area contributed by atoms with Crippen LogP contribution in [0.4, 0.5) is 0 Å². The highest BCUT2D eigenvalue weighted by Crippen LogP contribution is 2.04. The number of aromatic nitrogens is 2. The van der Waals surface area contributed by atoms with Gasteiger partial charge in [-0.25, -0.2) is 13.2 Å². The summed E-state index contributed by atoms with van der Waals surface area (Å²) in [6.07, 6.45) is 0.727. The third-order valence-electron chi connectivity index (χ3n) is 1.35. The van der Waals surface area contributed by atoms with Gasteiger partial charge in [0, 0.05) is 12.3 Å². The number of carbonyl (C=O) groups is 2. The van der Waals surface area contributed by atoms with Gasteiger partial charge in [-0.2, -0.15) is 5.10 Å². The smallest absolute Gasteiger partial charge is 0.353 e. The molecule has 0 aliphatic carbocycles. The molecule has 0 aliphatic heterocycles. The number of carbonyl (C=O) groups excluding carboxylic acids is 1. The van der Waals surface area contributed by atoms with E-state index in [1.54, 1.807) is 0 Å². The molecule has 76 valence electrons. The van der Waals surface area contributed by atoms with E-state index < -0.39 is 26.6 Å². The molecule has 1 aromatic heterocycles.